The first-order valence-electron chi connectivity index (χ1n) is 11.5. The van der Waals surface area contributed by atoms with E-state index in [1.54, 1.807) is 22.8 Å². The van der Waals surface area contributed by atoms with Gasteiger partial charge in [0.2, 0.25) is 5.91 Å². The molecule has 1 atom stereocenters. The van der Waals surface area contributed by atoms with Crippen LogP contribution in [0.4, 0.5) is 5.69 Å². The number of benzene rings is 2. The molecule has 4 aromatic rings. The summed E-state index contributed by atoms with van der Waals surface area (Å²) in [5, 5.41) is 7.84. The number of carbonyl (C=O) groups is 2. The van der Waals surface area contributed by atoms with Crippen LogP contribution < -0.4 is 10.7 Å². The Balaban J connectivity index is 1.36. The number of rotatable bonds is 5. The maximum Gasteiger partial charge on any atom is 0.272 e. The predicted octanol–water partition coefficient (Wildman–Crippen LogP) is 3.83. The molecule has 0 spiro atoms. The number of hydrogen-bond acceptors (Lipinski definition) is 5. The van der Waals surface area contributed by atoms with Gasteiger partial charge in [-0.2, -0.15) is 5.10 Å². The molecule has 2 aliphatic rings. The highest BCUT2D eigenvalue weighted by Crippen LogP contribution is 2.35. The van der Waals surface area contributed by atoms with Crippen LogP contribution in [-0.2, 0) is 24.7 Å². The average molecular weight is 591 g/mol. The third-order valence-corrected chi connectivity index (χ3v) is 7.11. The first-order chi connectivity index (χ1) is 17.5. The van der Waals surface area contributed by atoms with E-state index in [2.05, 4.69) is 65.5 Å². The lowest BCUT2D eigenvalue weighted by Crippen LogP contribution is -2.34. The van der Waals surface area contributed by atoms with E-state index in [0.717, 1.165) is 35.2 Å². The van der Waals surface area contributed by atoms with Gasteiger partial charge in [-0.05, 0) is 64.6 Å². The number of imidazole rings is 1. The number of aromatic nitrogens is 3. The van der Waals surface area contributed by atoms with E-state index in [0.29, 0.717) is 16.8 Å². The summed E-state index contributed by atoms with van der Waals surface area (Å²) in [6.45, 7) is 0. The lowest BCUT2D eigenvalue weighted by molar-refractivity contribution is -0.118. The molecule has 0 fully saturated rings. The van der Waals surface area contributed by atoms with Crippen molar-refractivity contribution >= 4 is 61.4 Å². The van der Waals surface area contributed by atoms with Gasteiger partial charge in [0.25, 0.3) is 5.91 Å². The fraction of sp³-hybridized carbons (Fsp3) is 0.192. The average Bonchev–Trinajstić information content (AvgIpc) is 3.55. The van der Waals surface area contributed by atoms with Crippen LogP contribution in [0.15, 0.2) is 59.0 Å². The summed E-state index contributed by atoms with van der Waals surface area (Å²) in [6, 6.07) is 11.3. The summed E-state index contributed by atoms with van der Waals surface area (Å²) >= 11 is 2.05. The Morgan fingerprint density at radius 3 is 2.75 bits per heavy atom. The zero-order valence-electron chi connectivity index (χ0n) is 19.3. The number of H-pyrrole nitrogens is 1. The Labute approximate surface area is 220 Å². The summed E-state index contributed by atoms with van der Waals surface area (Å²) in [7, 11) is 1.90. The molecule has 0 saturated carbocycles. The zero-order valence-corrected chi connectivity index (χ0v) is 21.5. The Hall–Kier alpha value is -3.80. The number of carbonyl (C=O) groups excluding carboxylic acids is 2. The highest BCUT2D eigenvalue weighted by Gasteiger charge is 2.33. The van der Waals surface area contributed by atoms with Crippen LogP contribution >= 0.6 is 22.6 Å². The topological polar surface area (TPSA) is 117 Å². The SMILES string of the molecule is Cn1cnc(-c2[nH]c3cc(NC(=O)[C@H](N=CI)C4Cc5ccccc5C4)cc4c3c2C=NNC4=O)c1. The minimum atomic E-state index is -0.537. The van der Waals surface area contributed by atoms with Crippen molar-refractivity contribution in [3.63, 3.8) is 0 Å². The molecule has 2 aromatic heterocycles. The van der Waals surface area contributed by atoms with Crippen molar-refractivity contribution in [1.82, 2.24) is 20.0 Å². The molecule has 1 aliphatic carbocycles. The van der Waals surface area contributed by atoms with Gasteiger partial charge in [0.1, 0.15) is 11.7 Å². The molecule has 1 aliphatic heterocycles. The maximum atomic E-state index is 13.5. The fourth-order valence-electron chi connectivity index (χ4n) is 5.19. The Kier molecular flexibility index (Phi) is 5.67. The van der Waals surface area contributed by atoms with Gasteiger partial charge in [-0.1, -0.05) is 24.3 Å². The molecular formula is C26H22IN7O2. The first kappa shape index (κ1) is 22.7. The van der Waals surface area contributed by atoms with Gasteiger partial charge in [0.05, 0.1) is 28.0 Å². The monoisotopic (exact) mass is 591 g/mol. The van der Waals surface area contributed by atoms with Crippen LogP contribution in [0.5, 0.6) is 0 Å². The van der Waals surface area contributed by atoms with E-state index in [4.69, 9.17) is 0 Å². The third-order valence-electron chi connectivity index (χ3n) is 6.78. The van der Waals surface area contributed by atoms with E-state index in [9.17, 15) is 9.59 Å². The van der Waals surface area contributed by atoms with Crippen molar-refractivity contribution in [3.05, 3.63) is 71.2 Å². The zero-order chi connectivity index (χ0) is 24.8. The van der Waals surface area contributed by atoms with Gasteiger partial charge in [0, 0.05) is 35.4 Å². The number of halogens is 1. The Bertz CT molecular complexity index is 1560. The molecule has 3 heterocycles. The number of fused-ring (bicyclic) bond motifs is 1. The van der Waals surface area contributed by atoms with Crippen LogP contribution in [0, 0.1) is 5.92 Å². The largest absolute Gasteiger partial charge is 0.353 e. The summed E-state index contributed by atoms with van der Waals surface area (Å²) in [6.07, 6.45) is 6.84. The standard InChI is InChI=1S/C26H22IN7O2/c1-34-11-21(29-13-34)24-19-10-30-33-25(35)18-8-17(9-20(32-24)22(18)19)31-26(36)23(28-12-27)16-6-14-4-2-3-5-15(14)7-16/h2-5,8-13,16,23,32H,6-7H2,1H3,(H,31,36)(H,33,35)/t23-/m1/s1. The minimum Gasteiger partial charge on any atom is -0.353 e. The lowest BCUT2D eigenvalue weighted by Gasteiger charge is -2.19. The molecule has 6 rings (SSSR count). The van der Waals surface area contributed by atoms with E-state index in [1.807, 2.05) is 36.0 Å². The fourth-order valence-corrected chi connectivity index (χ4v) is 5.54. The second-order valence-corrected chi connectivity index (χ2v) is 9.66. The Morgan fingerprint density at radius 2 is 2.06 bits per heavy atom. The van der Waals surface area contributed by atoms with Gasteiger partial charge < -0.3 is 14.9 Å². The molecular weight excluding hydrogens is 569 g/mol. The van der Waals surface area contributed by atoms with Gasteiger partial charge in [-0.15, -0.1) is 0 Å². The molecule has 2 aromatic carbocycles. The summed E-state index contributed by atoms with van der Waals surface area (Å²) < 4.78 is 3.51. The molecule has 0 saturated heterocycles. The van der Waals surface area contributed by atoms with E-state index in [-0.39, 0.29) is 17.7 Å². The minimum absolute atomic E-state index is 0.0725. The molecule has 3 N–H and O–H groups in total. The molecule has 0 bridgehead atoms. The number of nitrogens with zero attached hydrogens (tertiary/aromatic N) is 4. The number of nitrogens with one attached hydrogen (secondary N) is 3. The van der Waals surface area contributed by atoms with Crippen molar-refractivity contribution in [2.75, 3.05) is 5.32 Å². The van der Waals surface area contributed by atoms with E-state index in [1.165, 1.54) is 11.1 Å². The molecule has 0 radical (unpaired) electrons. The number of anilines is 1. The molecule has 180 valence electrons. The van der Waals surface area contributed by atoms with Crippen molar-refractivity contribution in [1.29, 1.82) is 0 Å². The van der Waals surface area contributed by atoms with Crippen LogP contribution in [0.25, 0.3) is 22.3 Å². The predicted molar refractivity (Wildman–Crippen MR) is 148 cm³/mol. The third kappa shape index (κ3) is 3.91. The quantitative estimate of drug-likeness (QED) is 0.242. The van der Waals surface area contributed by atoms with Crippen molar-refractivity contribution in [2.24, 2.45) is 23.1 Å². The number of amides is 2. The first-order valence-corrected chi connectivity index (χ1v) is 12.8. The van der Waals surface area contributed by atoms with E-state index < -0.39 is 6.04 Å². The number of aryl methyl sites for hydroxylation is 1. The van der Waals surface area contributed by atoms with Gasteiger partial charge in [-0.3, -0.25) is 14.6 Å². The summed E-state index contributed by atoms with van der Waals surface area (Å²) in [5.74, 6) is -0.469. The normalized spacial score (nSPS) is 15.8. The number of hydrazone groups is 1. The van der Waals surface area contributed by atoms with Crippen molar-refractivity contribution < 1.29 is 9.59 Å². The second-order valence-electron chi connectivity index (χ2n) is 9.10. The second kappa shape index (κ2) is 9.01. The number of aromatic amines is 1. The summed E-state index contributed by atoms with van der Waals surface area (Å²) in [5.41, 5.74) is 9.01. The van der Waals surface area contributed by atoms with Crippen molar-refractivity contribution in [2.45, 2.75) is 18.9 Å². The molecule has 0 unspecified atom stereocenters. The van der Waals surface area contributed by atoms with E-state index >= 15 is 0 Å². The Morgan fingerprint density at radius 1 is 1.28 bits per heavy atom. The summed E-state index contributed by atoms with van der Waals surface area (Å²) in [4.78, 5) is 38.7. The highest BCUT2D eigenvalue weighted by molar-refractivity contribution is 14.1. The molecule has 10 heteroatoms. The highest BCUT2D eigenvalue weighted by atomic mass is 127. The van der Waals surface area contributed by atoms with Gasteiger partial charge in [0.15, 0.2) is 0 Å². The van der Waals surface area contributed by atoms with Crippen LogP contribution in [0.2, 0.25) is 0 Å². The molecule has 9 nitrogen and oxygen atoms in total. The number of aliphatic imine (C=N–C) groups is 1. The number of hydrogen-bond donors (Lipinski definition) is 3. The van der Waals surface area contributed by atoms with Crippen LogP contribution in [-0.4, -0.2) is 42.8 Å². The van der Waals surface area contributed by atoms with Gasteiger partial charge in [-0.25, -0.2) is 10.4 Å². The lowest BCUT2D eigenvalue weighted by atomic mass is 9.96. The molecule has 36 heavy (non-hydrogen) atoms. The van der Waals surface area contributed by atoms with Crippen LogP contribution in [0.3, 0.4) is 0 Å². The molecule has 2 amide bonds. The maximum absolute atomic E-state index is 13.5. The smallest absolute Gasteiger partial charge is 0.272 e. The van der Waals surface area contributed by atoms with Crippen molar-refractivity contribution in [3.8, 4) is 11.4 Å². The van der Waals surface area contributed by atoms with Gasteiger partial charge >= 0.3 is 0 Å². The van der Waals surface area contributed by atoms with Crippen LogP contribution in [0.1, 0.15) is 27.0 Å².